The maximum Gasteiger partial charge on any atom is 0.0645 e. The van der Waals surface area contributed by atoms with Crippen LogP contribution in [0.25, 0.3) is 0 Å². The molecule has 1 aliphatic carbocycles. The molecule has 4 nitrogen and oxygen atoms in total. The lowest BCUT2D eigenvalue weighted by Gasteiger charge is -2.32. The van der Waals surface area contributed by atoms with Gasteiger partial charge in [-0.05, 0) is 66.6 Å². The zero-order valence-electron chi connectivity index (χ0n) is 16.4. The van der Waals surface area contributed by atoms with Crippen molar-refractivity contribution in [3.8, 4) is 0 Å². The molecule has 0 saturated heterocycles. The van der Waals surface area contributed by atoms with Crippen molar-refractivity contribution in [1.82, 2.24) is 5.32 Å². The summed E-state index contributed by atoms with van der Waals surface area (Å²) in [4.78, 5) is 0. The van der Waals surface area contributed by atoms with Gasteiger partial charge >= 0.3 is 0 Å². The van der Waals surface area contributed by atoms with E-state index >= 15 is 0 Å². The van der Waals surface area contributed by atoms with E-state index in [-0.39, 0.29) is 18.6 Å². The minimum absolute atomic E-state index is 0.0716. The molecule has 1 heterocycles. The molecular weight excluding hydrogens is 358 g/mol. The molecule has 152 valence electrons. The number of rotatable bonds is 15. The molecule has 0 aromatic carbocycles. The van der Waals surface area contributed by atoms with Crippen LogP contribution in [0, 0.1) is 5.41 Å². The highest BCUT2D eigenvalue weighted by Crippen LogP contribution is 2.30. The Kier molecular flexibility index (Phi) is 10.9. The molecule has 0 saturated carbocycles. The summed E-state index contributed by atoms with van der Waals surface area (Å²) < 4.78 is 5.71. The fourth-order valence-corrected chi connectivity index (χ4v) is 4.12. The molecule has 0 fully saturated rings. The third-order valence-electron chi connectivity index (χ3n) is 5.08. The molecule has 1 aromatic heterocycles. The maximum absolute atomic E-state index is 9.76. The van der Waals surface area contributed by atoms with Crippen LogP contribution in [0.2, 0.25) is 0 Å². The normalized spacial score (nSPS) is 19.4. The van der Waals surface area contributed by atoms with E-state index in [0.29, 0.717) is 0 Å². The summed E-state index contributed by atoms with van der Waals surface area (Å²) in [6.45, 7) is 3.63. The Labute approximate surface area is 168 Å². The summed E-state index contributed by atoms with van der Waals surface area (Å²) in [5, 5.41) is 26.9. The summed E-state index contributed by atoms with van der Waals surface area (Å²) in [5.41, 5.74) is 2.15. The third kappa shape index (κ3) is 8.71. The van der Waals surface area contributed by atoms with Gasteiger partial charge in [0.05, 0.1) is 13.2 Å². The van der Waals surface area contributed by atoms with Crippen LogP contribution in [0.3, 0.4) is 0 Å². The number of allylic oxidation sites excluding steroid dienone is 2. The van der Waals surface area contributed by atoms with Gasteiger partial charge in [-0.1, -0.05) is 31.1 Å². The molecule has 0 amide bonds. The molecule has 2 rings (SSSR count). The van der Waals surface area contributed by atoms with E-state index in [9.17, 15) is 10.2 Å². The first-order valence-electron chi connectivity index (χ1n) is 10.2. The number of nitrogens with one attached hydrogen (secondary N) is 1. The average molecular weight is 394 g/mol. The molecule has 5 heteroatoms. The number of aryl methyl sites for hydroxylation is 1. The number of hydrogen-bond donors (Lipinski definition) is 3. The molecule has 1 aromatic rings. The number of aliphatic hydroxyl groups excluding tert-OH is 2. The number of thiophene rings is 1. The van der Waals surface area contributed by atoms with Gasteiger partial charge in [0.15, 0.2) is 0 Å². The van der Waals surface area contributed by atoms with E-state index in [1.54, 1.807) is 11.3 Å². The van der Waals surface area contributed by atoms with Crippen molar-refractivity contribution in [1.29, 1.82) is 0 Å². The second-order valence-electron chi connectivity index (χ2n) is 7.48. The first-order chi connectivity index (χ1) is 13.3. The lowest BCUT2D eigenvalue weighted by molar-refractivity contribution is 0.127. The van der Waals surface area contributed by atoms with E-state index in [1.165, 1.54) is 18.4 Å². The van der Waals surface area contributed by atoms with Gasteiger partial charge in [-0.2, -0.15) is 11.3 Å². The first-order valence-corrected chi connectivity index (χ1v) is 11.1. The lowest BCUT2D eigenvalue weighted by Crippen LogP contribution is -2.37. The summed E-state index contributed by atoms with van der Waals surface area (Å²) in [7, 11) is 0. The second kappa shape index (κ2) is 13.2. The Bertz CT molecular complexity index is 556. The van der Waals surface area contributed by atoms with Crippen LogP contribution in [0.1, 0.15) is 44.1 Å². The number of ether oxygens (including phenoxy) is 1. The highest BCUT2D eigenvalue weighted by molar-refractivity contribution is 7.07. The minimum atomic E-state index is -0.260. The van der Waals surface area contributed by atoms with E-state index in [0.717, 1.165) is 64.0 Å². The van der Waals surface area contributed by atoms with Crippen LogP contribution >= 0.6 is 11.3 Å². The standard InChI is InChI=1S/C22H35NO3S/c24-16-21-7-5-10-22(15-21,19-25)18-23-11-3-1-2-4-12-26-13-6-8-20-9-14-27-17-20/h5,7,9-10,14,17,23-25H,1-4,6,8,11-13,15-16,18-19H2. The molecule has 0 aliphatic heterocycles. The average Bonchev–Trinajstić information content (AvgIpc) is 3.22. The Balaban J connectivity index is 1.40. The number of aliphatic hydroxyl groups is 2. The van der Waals surface area contributed by atoms with Crippen molar-refractivity contribution < 1.29 is 14.9 Å². The van der Waals surface area contributed by atoms with Crippen LogP contribution < -0.4 is 5.32 Å². The van der Waals surface area contributed by atoms with E-state index in [2.05, 4.69) is 28.2 Å². The van der Waals surface area contributed by atoms with Crippen LogP contribution in [-0.2, 0) is 11.2 Å². The van der Waals surface area contributed by atoms with Gasteiger partial charge in [0.2, 0.25) is 0 Å². The van der Waals surface area contributed by atoms with Crippen molar-refractivity contribution >= 4 is 11.3 Å². The van der Waals surface area contributed by atoms with Gasteiger partial charge in [-0.15, -0.1) is 0 Å². The second-order valence-corrected chi connectivity index (χ2v) is 8.26. The fourth-order valence-electron chi connectivity index (χ4n) is 3.41. The zero-order valence-corrected chi connectivity index (χ0v) is 17.2. The summed E-state index contributed by atoms with van der Waals surface area (Å²) in [5.74, 6) is 0. The smallest absolute Gasteiger partial charge is 0.0645 e. The number of unbranched alkanes of at least 4 members (excludes halogenated alkanes) is 3. The SMILES string of the molecule is OCC1=CC=CC(CO)(CNCCCCCCOCCCc2ccsc2)C1. The van der Waals surface area contributed by atoms with Gasteiger partial charge < -0.3 is 20.3 Å². The molecule has 27 heavy (non-hydrogen) atoms. The largest absolute Gasteiger partial charge is 0.395 e. The highest BCUT2D eigenvalue weighted by Gasteiger charge is 2.28. The van der Waals surface area contributed by atoms with Crippen LogP contribution in [0.5, 0.6) is 0 Å². The Hall–Kier alpha value is -0.980. The van der Waals surface area contributed by atoms with Crippen LogP contribution in [0.4, 0.5) is 0 Å². The van der Waals surface area contributed by atoms with E-state index < -0.39 is 0 Å². The van der Waals surface area contributed by atoms with Gasteiger partial charge in [0.1, 0.15) is 0 Å². The Morgan fingerprint density at radius 1 is 1.11 bits per heavy atom. The molecular formula is C22H35NO3S. The molecule has 0 spiro atoms. The predicted octanol–water partition coefficient (Wildman–Crippen LogP) is 3.70. The molecule has 3 N–H and O–H groups in total. The van der Waals surface area contributed by atoms with Gasteiger partial charge in [-0.3, -0.25) is 0 Å². The zero-order chi connectivity index (χ0) is 19.2. The predicted molar refractivity (Wildman–Crippen MR) is 113 cm³/mol. The van der Waals surface area contributed by atoms with Crippen molar-refractivity contribution in [3.05, 3.63) is 46.2 Å². The first kappa shape index (κ1) is 22.3. The Morgan fingerprint density at radius 2 is 1.96 bits per heavy atom. The maximum atomic E-state index is 9.76. The van der Waals surface area contributed by atoms with Crippen LogP contribution in [0.15, 0.2) is 40.6 Å². The summed E-state index contributed by atoms with van der Waals surface area (Å²) >= 11 is 1.76. The Morgan fingerprint density at radius 3 is 2.74 bits per heavy atom. The van der Waals surface area contributed by atoms with Crippen LogP contribution in [-0.4, -0.2) is 49.7 Å². The van der Waals surface area contributed by atoms with Gasteiger partial charge in [-0.25, -0.2) is 0 Å². The highest BCUT2D eigenvalue weighted by atomic mass is 32.1. The lowest BCUT2D eigenvalue weighted by atomic mass is 9.79. The van der Waals surface area contributed by atoms with Crippen molar-refractivity contribution in [3.63, 3.8) is 0 Å². The van der Waals surface area contributed by atoms with Gasteiger partial charge in [0.25, 0.3) is 0 Å². The molecule has 1 unspecified atom stereocenters. The van der Waals surface area contributed by atoms with E-state index in [1.807, 2.05) is 12.2 Å². The van der Waals surface area contributed by atoms with Crippen molar-refractivity contribution in [2.75, 3.05) is 39.5 Å². The third-order valence-corrected chi connectivity index (χ3v) is 5.81. The van der Waals surface area contributed by atoms with E-state index in [4.69, 9.17) is 4.74 Å². The topological polar surface area (TPSA) is 61.7 Å². The van der Waals surface area contributed by atoms with Crippen molar-refractivity contribution in [2.45, 2.75) is 44.9 Å². The monoisotopic (exact) mass is 393 g/mol. The molecule has 0 bridgehead atoms. The summed E-state index contributed by atoms with van der Waals surface area (Å²) in [6.07, 6.45) is 13.6. The van der Waals surface area contributed by atoms with Crippen molar-refractivity contribution in [2.24, 2.45) is 5.41 Å². The molecule has 1 aliphatic rings. The number of hydrogen-bond acceptors (Lipinski definition) is 5. The minimum Gasteiger partial charge on any atom is -0.395 e. The molecule has 0 radical (unpaired) electrons. The summed E-state index contributed by atoms with van der Waals surface area (Å²) in [6, 6.07) is 2.19. The fraction of sp³-hybridized carbons (Fsp3) is 0.636. The molecule has 1 atom stereocenters. The van der Waals surface area contributed by atoms with Gasteiger partial charge in [0, 0.05) is 25.2 Å². The quantitative estimate of drug-likeness (QED) is 0.398.